The molecule has 3 rings (SSSR count). The summed E-state index contributed by atoms with van der Waals surface area (Å²) >= 11 is 1.55. The Kier molecular flexibility index (Phi) is 3.70. The normalized spacial score (nSPS) is 12.8. The van der Waals surface area contributed by atoms with Gasteiger partial charge in [0.15, 0.2) is 5.13 Å². The third-order valence-electron chi connectivity index (χ3n) is 3.26. The Morgan fingerprint density at radius 2 is 2.10 bits per heavy atom. The fourth-order valence-corrected chi connectivity index (χ4v) is 3.40. The molecule has 1 heterocycles. The fourth-order valence-electron chi connectivity index (χ4n) is 2.35. The van der Waals surface area contributed by atoms with Crippen molar-refractivity contribution in [2.24, 2.45) is 0 Å². The smallest absolute Gasteiger partial charge is 0.257 e. The van der Waals surface area contributed by atoms with E-state index in [1.165, 1.54) is 11.8 Å². The van der Waals surface area contributed by atoms with Gasteiger partial charge >= 0.3 is 0 Å². The number of carbonyl (C=O) groups is 2. The van der Waals surface area contributed by atoms with Gasteiger partial charge in [0, 0.05) is 23.1 Å². The molecule has 1 aliphatic carbocycles. The van der Waals surface area contributed by atoms with Gasteiger partial charge in [0.1, 0.15) is 0 Å². The van der Waals surface area contributed by atoms with Crippen LogP contribution in [-0.4, -0.2) is 16.8 Å². The van der Waals surface area contributed by atoms with E-state index in [1.807, 2.05) is 0 Å². The SMILES string of the molecule is CC(=O)Nc1cccc(C(=O)Nc2nc3c(s2)CCC3)c1. The molecule has 6 heteroatoms. The first-order valence-corrected chi connectivity index (χ1v) is 7.61. The van der Waals surface area contributed by atoms with Crippen molar-refractivity contribution < 1.29 is 9.59 Å². The van der Waals surface area contributed by atoms with Crippen LogP contribution >= 0.6 is 11.3 Å². The predicted octanol–water partition coefficient (Wildman–Crippen LogP) is 2.84. The number of benzene rings is 1. The molecule has 21 heavy (non-hydrogen) atoms. The van der Waals surface area contributed by atoms with Gasteiger partial charge in [0.05, 0.1) is 5.69 Å². The summed E-state index contributed by atoms with van der Waals surface area (Å²) in [7, 11) is 0. The highest BCUT2D eigenvalue weighted by atomic mass is 32.1. The van der Waals surface area contributed by atoms with Crippen molar-refractivity contribution in [1.29, 1.82) is 0 Å². The average molecular weight is 301 g/mol. The molecule has 5 nitrogen and oxygen atoms in total. The Morgan fingerprint density at radius 1 is 1.24 bits per heavy atom. The van der Waals surface area contributed by atoms with Crippen LogP contribution in [0.2, 0.25) is 0 Å². The number of hydrogen-bond donors (Lipinski definition) is 2. The van der Waals surface area contributed by atoms with Gasteiger partial charge in [-0.05, 0) is 37.5 Å². The lowest BCUT2D eigenvalue weighted by Crippen LogP contribution is -2.13. The maximum absolute atomic E-state index is 12.2. The van der Waals surface area contributed by atoms with Crippen LogP contribution in [-0.2, 0) is 17.6 Å². The first-order valence-electron chi connectivity index (χ1n) is 6.79. The van der Waals surface area contributed by atoms with Gasteiger partial charge in [0.25, 0.3) is 5.91 Å². The van der Waals surface area contributed by atoms with Gasteiger partial charge in [-0.15, -0.1) is 11.3 Å². The zero-order chi connectivity index (χ0) is 14.8. The molecule has 0 saturated heterocycles. The summed E-state index contributed by atoms with van der Waals surface area (Å²) in [5.41, 5.74) is 2.22. The number of anilines is 2. The highest BCUT2D eigenvalue weighted by Gasteiger charge is 2.18. The third-order valence-corrected chi connectivity index (χ3v) is 4.33. The topological polar surface area (TPSA) is 71.1 Å². The van der Waals surface area contributed by atoms with Crippen LogP contribution in [0, 0.1) is 0 Å². The first-order chi connectivity index (χ1) is 10.1. The van der Waals surface area contributed by atoms with Crippen LogP contribution < -0.4 is 10.6 Å². The number of rotatable bonds is 3. The van der Waals surface area contributed by atoms with E-state index in [9.17, 15) is 9.59 Å². The Morgan fingerprint density at radius 3 is 2.86 bits per heavy atom. The Bertz CT molecular complexity index is 687. The van der Waals surface area contributed by atoms with Gasteiger partial charge in [-0.2, -0.15) is 0 Å². The van der Waals surface area contributed by atoms with Gasteiger partial charge in [0.2, 0.25) is 5.91 Å². The Hall–Kier alpha value is -2.21. The summed E-state index contributed by atoms with van der Waals surface area (Å²) in [6.45, 7) is 1.43. The van der Waals surface area contributed by atoms with Crippen molar-refractivity contribution >= 4 is 34.0 Å². The number of hydrogen-bond acceptors (Lipinski definition) is 4. The zero-order valence-corrected chi connectivity index (χ0v) is 12.4. The number of nitrogens with zero attached hydrogens (tertiary/aromatic N) is 1. The number of fused-ring (bicyclic) bond motifs is 1. The number of thiazole rings is 1. The molecule has 0 radical (unpaired) electrons. The van der Waals surface area contributed by atoms with E-state index in [2.05, 4.69) is 15.6 Å². The lowest BCUT2D eigenvalue weighted by molar-refractivity contribution is -0.114. The molecule has 2 N–H and O–H groups in total. The molecule has 0 bridgehead atoms. The molecule has 2 amide bonds. The number of aryl methyl sites for hydroxylation is 2. The summed E-state index contributed by atoms with van der Waals surface area (Å²) < 4.78 is 0. The Balaban J connectivity index is 1.73. The van der Waals surface area contributed by atoms with E-state index in [-0.39, 0.29) is 11.8 Å². The van der Waals surface area contributed by atoms with E-state index >= 15 is 0 Å². The van der Waals surface area contributed by atoms with E-state index in [1.54, 1.807) is 35.6 Å². The van der Waals surface area contributed by atoms with Crippen molar-refractivity contribution in [1.82, 2.24) is 4.98 Å². The van der Waals surface area contributed by atoms with Gasteiger partial charge < -0.3 is 5.32 Å². The molecular formula is C15H15N3O2S. The molecule has 2 aromatic rings. The van der Waals surface area contributed by atoms with Crippen LogP contribution in [0.25, 0.3) is 0 Å². The van der Waals surface area contributed by atoms with Crippen LogP contribution in [0.15, 0.2) is 24.3 Å². The maximum Gasteiger partial charge on any atom is 0.257 e. The molecule has 1 aliphatic rings. The lowest BCUT2D eigenvalue weighted by Gasteiger charge is -2.05. The van der Waals surface area contributed by atoms with Gasteiger partial charge in [-0.25, -0.2) is 4.98 Å². The number of carbonyl (C=O) groups excluding carboxylic acids is 2. The predicted molar refractivity (Wildman–Crippen MR) is 82.8 cm³/mol. The molecule has 0 spiro atoms. The van der Waals surface area contributed by atoms with Crippen molar-refractivity contribution in [3.8, 4) is 0 Å². The molecule has 108 valence electrons. The summed E-state index contributed by atoms with van der Waals surface area (Å²) in [5.74, 6) is -0.376. The molecular weight excluding hydrogens is 286 g/mol. The highest BCUT2D eigenvalue weighted by Crippen LogP contribution is 2.30. The van der Waals surface area contributed by atoms with Crippen LogP contribution in [0.1, 0.15) is 34.3 Å². The van der Waals surface area contributed by atoms with E-state index in [4.69, 9.17) is 0 Å². The van der Waals surface area contributed by atoms with Crippen molar-refractivity contribution in [2.75, 3.05) is 10.6 Å². The third kappa shape index (κ3) is 3.11. The number of nitrogens with one attached hydrogen (secondary N) is 2. The van der Waals surface area contributed by atoms with E-state index < -0.39 is 0 Å². The van der Waals surface area contributed by atoms with Crippen molar-refractivity contribution in [3.63, 3.8) is 0 Å². The van der Waals surface area contributed by atoms with Crippen LogP contribution in [0.4, 0.5) is 10.8 Å². The average Bonchev–Trinajstić information content (AvgIpc) is 2.99. The lowest BCUT2D eigenvalue weighted by atomic mass is 10.2. The standard InChI is InChI=1S/C15H15N3O2S/c1-9(19)16-11-5-2-4-10(8-11)14(20)18-15-17-12-6-3-7-13(12)21-15/h2,4-5,8H,3,6-7H2,1H3,(H,16,19)(H,17,18,20). The molecule has 0 aliphatic heterocycles. The van der Waals surface area contributed by atoms with E-state index in [0.29, 0.717) is 16.4 Å². The maximum atomic E-state index is 12.2. The minimum absolute atomic E-state index is 0.163. The van der Waals surface area contributed by atoms with Gasteiger partial charge in [-0.1, -0.05) is 6.07 Å². The monoisotopic (exact) mass is 301 g/mol. The highest BCUT2D eigenvalue weighted by molar-refractivity contribution is 7.16. The fraction of sp³-hybridized carbons (Fsp3) is 0.267. The number of amides is 2. The van der Waals surface area contributed by atoms with Crippen molar-refractivity contribution in [3.05, 3.63) is 40.4 Å². The molecule has 0 fully saturated rings. The molecule has 1 aromatic heterocycles. The Labute approximate surface area is 126 Å². The minimum atomic E-state index is -0.213. The number of aromatic nitrogens is 1. The molecule has 1 aromatic carbocycles. The quantitative estimate of drug-likeness (QED) is 0.915. The second-order valence-corrected chi connectivity index (χ2v) is 6.04. The molecule has 0 atom stereocenters. The summed E-state index contributed by atoms with van der Waals surface area (Å²) in [6, 6.07) is 6.85. The van der Waals surface area contributed by atoms with Gasteiger partial charge in [-0.3, -0.25) is 14.9 Å². The summed E-state index contributed by atoms with van der Waals surface area (Å²) in [6.07, 6.45) is 3.21. The zero-order valence-electron chi connectivity index (χ0n) is 11.6. The molecule has 0 saturated carbocycles. The first kappa shape index (κ1) is 13.8. The largest absolute Gasteiger partial charge is 0.326 e. The second kappa shape index (κ2) is 5.65. The van der Waals surface area contributed by atoms with E-state index in [0.717, 1.165) is 25.0 Å². The minimum Gasteiger partial charge on any atom is -0.326 e. The van der Waals surface area contributed by atoms with Crippen LogP contribution in [0.3, 0.4) is 0 Å². The molecule has 0 unspecified atom stereocenters. The summed E-state index contributed by atoms with van der Waals surface area (Å²) in [4.78, 5) is 29.0. The van der Waals surface area contributed by atoms with Crippen LogP contribution in [0.5, 0.6) is 0 Å². The summed E-state index contributed by atoms with van der Waals surface area (Å²) in [5, 5.41) is 6.14. The van der Waals surface area contributed by atoms with Crippen molar-refractivity contribution in [2.45, 2.75) is 26.2 Å². The second-order valence-electron chi connectivity index (χ2n) is 4.96.